The first-order valence-electron chi connectivity index (χ1n) is 6.69. The summed E-state index contributed by atoms with van der Waals surface area (Å²) in [7, 11) is 0. The Hall–Kier alpha value is -2.10. The Morgan fingerprint density at radius 2 is 2.15 bits per heavy atom. The van der Waals surface area contributed by atoms with E-state index in [-0.39, 0.29) is 5.78 Å². The molecule has 1 N–H and O–H groups in total. The highest BCUT2D eigenvalue weighted by Crippen LogP contribution is 2.32. The molecule has 0 saturated heterocycles. The first-order chi connectivity index (χ1) is 9.43. The van der Waals surface area contributed by atoms with Crippen molar-refractivity contribution in [3.05, 3.63) is 41.0 Å². The normalized spacial score (nSPS) is 16.4. The van der Waals surface area contributed by atoms with Crippen molar-refractivity contribution >= 4 is 11.8 Å². The van der Waals surface area contributed by atoms with E-state index in [0.29, 0.717) is 29.7 Å². The van der Waals surface area contributed by atoms with Crippen molar-refractivity contribution in [3.8, 4) is 5.75 Å². The summed E-state index contributed by atoms with van der Waals surface area (Å²) in [5, 5.41) is 8.99. The monoisotopic (exact) mass is 274 g/mol. The molecule has 1 unspecified atom stereocenters. The summed E-state index contributed by atoms with van der Waals surface area (Å²) >= 11 is 0. The van der Waals surface area contributed by atoms with Crippen molar-refractivity contribution in [2.24, 2.45) is 0 Å². The number of fused-ring (bicyclic) bond motifs is 1. The van der Waals surface area contributed by atoms with Gasteiger partial charge in [0.25, 0.3) is 0 Å². The van der Waals surface area contributed by atoms with Gasteiger partial charge in [-0.25, -0.2) is 4.79 Å². The zero-order valence-electron chi connectivity index (χ0n) is 11.7. The van der Waals surface area contributed by atoms with Gasteiger partial charge in [-0.1, -0.05) is 19.9 Å². The molecule has 20 heavy (non-hydrogen) atoms. The Labute approximate surface area is 118 Å². The van der Waals surface area contributed by atoms with Crippen LogP contribution in [0.3, 0.4) is 0 Å². The van der Waals surface area contributed by atoms with Crippen molar-refractivity contribution in [3.63, 3.8) is 0 Å². The van der Waals surface area contributed by atoms with E-state index in [1.165, 1.54) is 0 Å². The summed E-state index contributed by atoms with van der Waals surface area (Å²) in [6.45, 7) is 7.65. The second-order valence-corrected chi connectivity index (χ2v) is 5.11. The van der Waals surface area contributed by atoms with Gasteiger partial charge in [0, 0.05) is 12.0 Å². The molecule has 4 heteroatoms. The number of rotatable bonds is 5. The van der Waals surface area contributed by atoms with Gasteiger partial charge in [0.1, 0.15) is 5.75 Å². The Morgan fingerprint density at radius 3 is 2.75 bits per heavy atom. The molecule has 0 aliphatic carbocycles. The van der Waals surface area contributed by atoms with Gasteiger partial charge >= 0.3 is 5.97 Å². The Balaban J connectivity index is 2.31. The Morgan fingerprint density at radius 1 is 1.45 bits per heavy atom. The van der Waals surface area contributed by atoms with Crippen LogP contribution in [0.5, 0.6) is 5.75 Å². The van der Waals surface area contributed by atoms with Crippen LogP contribution in [0, 0.1) is 6.92 Å². The number of benzene rings is 1. The fourth-order valence-electron chi connectivity index (χ4n) is 2.38. The predicted octanol–water partition coefficient (Wildman–Crippen LogP) is 2.92. The van der Waals surface area contributed by atoms with E-state index in [1.807, 2.05) is 13.8 Å². The van der Waals surface area contributed by atoms with E-state index in [0.717, 1.165) is 17.5 Å². The third-order valence-electron chi connectivity index (χ3n) is 3.47. The number of allylic oxidation sites excluding steroid dienone is 1. The second-order valence-electron chi connectivity index (χ2n) is 5.11. The molecule has 4 nitrogen and oxygen atoms in total. The van der Waals surface area contributed by atoms with Crippen LogP contribution in [0.2, 0.25) is 0 Å². The maximum atomic E-state index is 12.3. The second kappa shape index (κ2) is 5.49. The van der Waals surface area contributed by atoms with E-state index in [4.69, 9.17) is 9.84 Å². The number of aryl methyl sites for hydroxylation is 1. The highest BCUT2D eigenvalue weighted by molar-refractivity contribution is 6.09. The lowest BCUT2D eigenvalue weighted by Crippen LogP contribution is -2.24. The molecule has 0 aromatic heterocycles. The van der Waals surface area contributed by atoms with Gasteiger partial charge in [0.2, 0.25) is 0 Å². The smallest absolute Gasteiger partial charge is 0.345 e. The highest BCUT2D eigenvalue weighted by atomic mass is 16.5. The van der Waals surface area contributed by atoms with E-state index >= 15 is 0 Å². The van der Waals surface area contributed by atoms with E-state index < -0.39 is 12.1 Å². The van der Waals surface area contributed by atoms with Crippen LogP contribution in [-0.2, 0) is 11.2 Å². The molecule has 2 rings (SSSR count). The van der Waals surface area contributed by atoms with E-state index in [9.17, 15) is 9.59 Å². The molecule has 1 aromatic rings. The Bertz CT molecular complexity index is 586. The average molecular weight is 274 g/mol. The van der Waals surface area contributed by atoms with Crippen LogP contribution in [0.1, 0.15) is 41.3 Å². The first-order valence-corrected chi connectivity index (χ1v) is 6.69. The molecule has 1 heterocycles. The molecule has 0 fully saturated rings. The molecule has 1 atom stereocenters. The van der Waals surface area contributed by atoms with Gasteiger partial charge in [-0.3, -0.25) is 4.79 Å². The summed E-state index contributed by atoms with van der Waals surface area (Å²) in [5.74, 6) is -0.486. The lowest BCUT2D eigenvalue weighted by atomic mass is 9.94. The van der Waals surface area contributed by atoms with Crippen LogP contribution in [0.25, 0.3) is 0 Å². The first kappa shape index (κ1) is 14.3. The number of carboxylic acid groups (broad SMARTS) is 1. The topological polar surface area (TPSA) is 63.6 Å². The molecular weight excluding hydrogens is 256 g/mol. The fourth-order valence-corrected chi connectivity index (χ4v) is 2.38. The number of Topliss-reactive ketones (excluding diaryl/α,β-unsaturated/α-hetero) is 1. The van der Waals surface area contributed by atoms with Crippen LogP contribution in [-0.4, -0.2) is 23.0 Å². The fraction of sp³-hybridized carbons (Fsp3) is 0.375. The zero-order chi connectivity index (χ0) is 14.9. The molecule has 0 bridgehead atoms. The molecule has 0 saturated carbocycles. The van der Waals surface area contributed by atoms with Crippen LogP contribution in [0.4, 0.5) is 0 Å². The van der Waals surface area contributed by atoms with Crippen molar-refractivity contribution in [1.82, 2.24) is 0 Å². The largest absolute Gasteiger partial charge is 0.478 e. The summed E-state index contributed by atoms with van der Waals surface area (Å²) in [4.78, 5) is 23.3. The maximum Gasteiger partial charge on any atom is 0.345 e. The molecule has 1 aliphatic heterocycles. The number of carbonyl (C=O) groups excluding carboxylic acids is 1. The summed E-state index contributed by atoms with van der Waals surface area (Å²) in [6, 6.07) is 3.49. The van der Waals surface area contributed by atoms with Crippen molar-refractivity contribution in [2.75, 3.05) is 0 Å². The maximum absolute atomic E-state index is 12.3. The third-order valence-corrected chi connectivity index (χ3v) is 3.47. The van der Waals surface area contributed by atoms with Gasteiger partial charge in [-0.2, -0.15) is 0 Å². The van der Waals surface area contributed by atoms with Crippen molar-refractivity contribution < 1.29 is 19.4 Å². The summed E-state index contributed by atoms with van der Waals surface area (Å²) in [6.07, 6.45) is 0.988. The Kier molecular flexibility index (Phi) is 3.93. The van der Waals surface area contributed by atoms with Gasteiger partial charge in [0.15, 0.2) is 11.9 Å². The summed E-state index contributed by atoms with van der Waals surface area (Å²) < 4.78 is 5.36. The molecule has 1 aliphatic rings. The van der Waals surface area contributed by atoms with Crippen LogP contribution in [0.15, 0.2) is 24.3 Å². The number of aliphatic carboxylic acids is 1. The highest BCUT2D eigenvalue weighted by Gasteiger charge is 2.30. The molecule has 0 amide bonds. The minimum absolute atomic E-state index is 0.0640. The van der Waals surface area contributed by atoms with Crippen LogP contribution >= 0.6 is 0 Å². The lowest BCUT2D eigenvalue weighted by molar-refractivity contribution is -0.144. The minimum atomic E-state index is -0.984. The summed E-state index contributed by atoms with van der Waals surface area (Å²) in [5.41, 5.74) is 2.74. The standard InChI is InChI=1S/C16H18O4/c1-4-5-9(2)15(17)12-7-11-8-14(16(18)19)20-13(11)6-10(12)3/h6-7,14H,2,4-5,8H2,1,3H3,(H,18,19). The number of carboxylic acids is 1. The average Bonchev–Trinajstić information content (AvgIpc) is 2.80. The van der Waals surface area contributed by atoms with Gasteiger partial charge in [-0.05, 0) is 42.2 Å². The SMILES string of the molecule is C=C(CCC)C(=O)c1cc2c(cc1C)OC(C(=O)O)C2. The van der Waals surface area contributed by atoms with Gasteiger partial charge in [-0.15, -0.1) is 0 Å². The van der Waals surface area contributed by atoms with Crippen LogP contribution < -0.4 is 4.74 Å². The van der Waals surface area contributed by atoms with Gasteiger partial charge < -0.3 is 9.84 Å². The van der Waals surface area contributed by atoms with Crippen molar-refractivity contribution in [2.45, 2.75) is 39.2 Å². The molecule has 106 valence electrons. The van der Waals surface area contributed by atoms with E-state index in [2.05, 4.69) is 6.58 Å². The number of ether oxygens (including phenoxy) is 1. The quantitative estimate of drug-likeness (QED) is 0.662. The molecule has 0 radical (unpaired) electrons. The third kappa shape index (κ3) is 2.59. The number of hydrogen-bond acceptors (Lipinski definition) is 3. The lowest BCUT2D eigenvalue weighted by Gasteiger charge is -2.09. The number of hydrogen-bond donors (Lipinski definition) is 1. The van der Waals surface area contributed by atoms with E-state index in [1.54, 1.807) is 12.1 Å². The molecule has 1 aromatic carbocycles. The predicted molar refractivity (Wildman–Crippen MR) is 75.3 cm³/mol. The number of carbonyl (C=O) groups is 2. The molecular formula is C16H18O4. The molecule has 0 spiro atoms. The van der Waals surface area contributed by atoms with Gasteiger partial charge in [0.05, 0.1) is 0 Å². The van der Waals surface area contributed by atoms with Crippen molar-refractivity contribution in [1.29, 1.82) is 0 Å². The minimum Gasteiger partial charge on any atom is -0.478 e. The number of ketones is 1. The zero-order valence-corrected chi connectivity index (χ0v) is 11.7.